The van der Waals surface area contributed by atoms with Crippen LogP contribution in [0, 0.1) is 0 Å². The van der Waals surface area contributed by atoms with Gasteiger partial charge in [-0.15, -0.1) is 0 Å². The zero-order valence-corrected chi connectivity index (χ0v) is 10.0. The number of ether oxygens (including phenoxy) is 1. The molecule has 1 saturated carbocycles. The fourth-order valence-corrected chi connectivity index (χ4v) is 3.15. The molecule has 0 aromatic carbocycles. The minimum atomic E-state index is 0.0804. The average Bonchev–Trinajstić information content (AvgIpc) is 2.74. The molecule has 0 bridgehead atoms. The maximum absolute atomic E-state index is 6.39. The molecule has 3 heteroatoms. The summed E-state index contributed by atoms with van der Waals surface area (Å²) in [5.74, 6) is 0. The molecule has 2 aliphatic rings. The van der Waals surface area contributed by atoms with Crippen molar-refractivity contribution in [2.75, 3.05) is 20.2 Å². The lowest BCUT2D eigenvalue weighted by Crippen LogP contribution is -2.51. The standard InChI is InChI=1S/C12H24N2O/c1-10-11(5-8-15-10)14(2)9-12(13)6-3-4-7-12/h10-11H,3-9,13H2,1-2H3. The molecule has 2 unspecified atom stereocenters. The lowest BCUT2D eigenvalue weighted by atomic mass is 9.97. The fourth-order valence-electron chi connectivity index (χ4n) is 3.15. The molecule has 0 aromatic rings. The minimum absolute atomic E-state index is 0.0804. The predicted molar refractivity (Wildman–Crippen MR) is 61.8 cm³/mol. The van der Waals surface area contributed by atoms with E-state index < -0.39 is 0 Å². The van der Waals surface area contributed by atoms with E-state index in [1.165, 1.54) is 25.7 Å². The minimum Gasteiger partial charge on any atom is -0.377 e. The largest absolute Gasteiger partial charge is 0.377 e. The van der Waals surface area contributed by atoms with Gasteiger partial charge in [0.2, 0.25) is 0 Å². The van der Waals surface area contributed by atoms with Gasteiger partial charge in [-0.05, 0) is 33.2 Å². The molecule has 0 amide bonds. The Morgan fingerprint density at radius 2 is 2.07 bits per heavy atom. The topological polar surface area (TPSA) is 38.5 Å². The van der Waals surface area contributed by atoms with E-state index in [1.807, 2.05) is 0 Å². The van der Waals surface area contributed by atoms with Crippen LogP contribution >= 0.6 is 0 Å². The highest BCUT2D eigenvalue weighted by atomic mass is 16.5. The Labute approximate surface area is 93.0 Å². The molecule has 1 saturated heterocycles. The molecule has 1 aliphatic heterocycles. The van der Waals surface area contributed by atoms with Crippen LogP contribution in [0.5, 0.6) is 0 Å². The highest BCUT2D eigenvalue weighted by Crippen LogP contribution is 2.29. The Morgan fingerprint density at radius 1 is 1.40 bits per heavy atom. The highest BCUT2D eigenvalue weighted by Gasteiger charge is 2.35. The summed E-state index contributed by atoms with van der Waals surface area (Å²) in [6, 6.07) is 0.575. The van der Waals surface area contributed by atoms with Crippen LogP contribution in [0.4, 0.5) is 0 Å². The second-order valence-electron chi connectivity index (χ2n) is 5.42. The molecular formula is C12H24N2O. The van der Waals surface area contributed by atoms with Crippen molar-refractivity contribution >= 4 is 0 Å². The van der Waals surface area contributed by atoms with Crippen molar-refractivity contribution in [2.45, 2.75) is 56.7 Å². The summed E-state index contributed by atoms with van der Waals surface area (Å²) in [4.78, 5) is 2.42. The van der Waals surface area contributed by atoms with Gasteiger partial charge in [0.25, 0.3) is 0 Å². The monoisotopic (exact) mass is 212 g/mol. The van der Waals surface area contributed by atoms with E-state index in [2.05, 4.69) is 18.9 Å². The van der Waals surface area contributed by atoms with Crippen LogP contribution in [0.25, 0.3) is 0 Å². The number of hydrogen-bond acceptors (Lipinski definition) is 3. The molecule has 0 radical (unpaired) electrons. The number of hydrogen-bond donors (Lipinski definition) is 1. The third-order valence-corrected chi connectivity index (χ3v) is 4.07. The molecule has 88 valence electrons. The van der Waals surface area contributed by atoms with Gasteiger partial charge >= 0.3 is 0 Å². The SMILES string of the molecule is CC1OCCC1N(C)CC1(N)CCCC1. The predicted octanol–water partition coefficient (Wildman–Crippen LogP) is 1.37. The maximum Gasteiger partial charge on any atom is 0.0702 e. The van der Waals surface area contributed by atoms with Gasteiger partial charge in [-0.1, -0.05) is 12.8 Å². The third-order valence-electron chi connectivity index (χ3n) is 4.07. The number of nitrogens with zero attached hydrogens (tertiary/aromatic N) is 1. The van der Waals surface area contributed by atoms with Crippen LogP contribution in [0.15, 0.2) is 0 Å². The Kier molecular flexibility index (Phi) is 3.33. The van der Waals surface area contributed by atoms with Crippen LogP contribution in [-0.2, 0) is 4.74 Å². The first kappa shape index (κ1) is 11.4. The van der Waals surface area contributed by atoms with Crippen molar-refractivity contribution in [3.8, 4) is 0 Å². The van der Waals surface area contributed by atoms with Gasteiger partial charge in [-0.25, -0.2) is 0 Å². The molecule has 1 aliphatic carbocycles. The zero-order valence-electron chi connectivity index (χ0n) is 10.0. The molecule has 2 atom stereocenters. The summed E-state index contributed by atoms with van der Waals surface area (Å²) in [5.41, 5.74) is 6.47. The number of rotatable bonds is 3. The van der Waals surface area contributed by atoms with Gasteiger partial charge in [0.05, 0.1) is 6.10 Å². The summed E-state index contributed by atoms with van der Waals surface area (Å²) >= 11 is 0. The van der Waals surface area contributed by atoms with E-state index in [0.717, 1.165) is 19.6 Å². The lowest BCUT2D eigenvalue weighted by molar-refractivity contribution is 0.0756. The third kappa shape index (κ3) is 2.52. The Morgan fingerprint density at radius 3 is 2.60 bits per heavy atom. The van der Waals surface area contributed by atoms with Crippen molar-refractivity contribution in [3.63, 3.8) is 0 Å². The van der Waals surface area contributed by atoms with Crippen LogP contribution in [0.2, 0.25) is 0 Å². The van der Waals surface area contributed by atoms with E-state index in [0.29, 0.717) is 12.1 Å². The van der Waals surface area contributed by atoms with Gasteiger partial charge in [0, 0.05) is 24.7 Å². The van der Waals surface area contributed by atoms with Gasteiger partial charge < -0.3 is 10.5 Å². The highest BCUT2D eigenvalue weighted by molar-refractivity contribution is 4.94. The molecular weight excluding hydrogens is 188 g/mol. The summed E-state index contributed by atoms with van der Waals surface area (Å²) in [5, 5.41) is 0. The van der Waals surface area contributed by atoms with E-state index >= 15 is 0 Å². The van der Waals surface area contributed by atoms with E-state index in [-0.39, 0.29) is 5.54 Å². The fraction of sp³-hybridized carbons (Fsp3) is 1.00. The maximum atomic E-state index is 6.39. The molecule has 0 spiro atoms. The van der Waals surface area contributed by atoms with Crippen molar-refractivity contribution in [1.82, 2.24) is 4.90 Å². The zero-order chi connectivity index (χ0) is 10.9. The van der Waals surface area contributed by atoms with Crippen LogP contribution in [-0.4, -0.2) is 42.8 Å². The lowest BCUT2D eigenvalue weighted by Gasteiger charge is -2.34. The molecule has 1 heterocycles. The molecule has 3 nitrogen and oxygen atoms in total. The second kappa shape index (κ2) is 4.40. The van der Waals surface area contributed by atoms with Crippen molar-refractivity contribution in [3.05, 3.63) is 0 Å². The van der Waals surface area contributed by atoms with E-state index in [1.54, 1.807) is 0 Å². The molecule has 0 aromatic heterocycles. The van der Waals surface area contributed by atoms with Crippen molar-refractivity contribution < 1.29 is 4.74 Å². The van der Waals surface area contributed by atoms with Crippen molar-refractivity contribution in [1.29, 1.82) is 0 Å². The van der Waals surface area contributed by atoms with Crippen LogP contribution < -0.4 is 5.73 Å². The molecule has 2 N–H and O–H groups in total. The summed E-state index contributed by atoms with van der Waals surface area (Å²) in [7, 11) is 2.20. The average molecular weight is 212 g/mol. The smallest absolute Gasteiger partial charge is 0.0702 e. The Balaban J connectivity index is 1.88. The van der Waals surface area contributed by atoms with E-state index in [4.69, 9.17) is 10.5 Å². The summed E-state index contributed by atoms with van der Waals surface area (Å²) in [6.45, 7) is 4.12. The molecule has 2 rings (SSSR count). The first-order valence-electron chi connectivity index (χ1n) is 6.21. The second-order valence-corrected chi connectivity index (χ2v) is 5.42. The molecule has 15 heavy (non-hydrogen) atoms. The number of likely N-dealkylation sites (N-methyl/N-ethyl adjacent to an activating group) is 1. The van der Waals surface area contributed by atoms with Crippen LogP contribution in [0.3, 0.4) is 0 Å². The summed E-state index contributed by atoms with van der Waals surface area (Å²) < 4.78 is 5.60. The van der Waals surface area contributed by atoms with Gasteiger partial charge in [0.15, 0.2) is 0 Å². The van der Waals surface area contributed by atoms with Gasteiger partial charge in [-0.2, -0.15) is 0 Å². The number of nitrogens with two attached hydrogens (primary N) is 1. The van der Waals surface area contributed by atoms with Gasteiger partial charge in [0.1, 0.15) is 0 Å². The summed E-state index contributed by atoms with van der Waals surface area (Å²) in [6.07, 6.45) is 6.54. The van der Waals surface area contributed by atoms with Crippen LogP contribution in [0.1, 0.15) is 39.0 Å². The quantitative estimate of drug-likeness (QED) is 0.768. The van der Waals surface area contributed by atoms with E-state index in [9.17, 15) is 0 Å². The van der Waals surface area contributed by atoms with Gasteiger partial charge in [-0.3, -0.25) is 4.90 Å². The first-order valence-corrected chi connectivity index (χ1v) is 6.21. The normalized spacial score (nSPS) is 35.2. The Bertz CT molecular complexity index is 214. The molecule has 2 fully saturated rings. The first-order chi connectivity index (χ1) is 7.11. The Hall–Kier alpha value is -0.120. The van der Waals surface area contributed by atoms with Crippen molar-refractivity contribution in [2.24, 2.45) is 5.73 Å².